The van der Waals surface area contributed by atoms with E-state index < -0.39 is 27.6 Å². The summed E-state index contributed by atoms with van der Waals surface area (Å²) in [6, 6.07) is 17.3. The van der Waals surface area contributed by atoms with E-state index in [1.807, 2.05) is 18.2 Å². The molecule has 4 aromatic rings. The van der Waals surface area contributed by atoms with Crippen molar-refractivity contribution in [2.75, 3.05) is 17.7 Å². The zero-order valence-corrected chi connectivity index (χ0v) is 22.2. The van der Waals surface area contributed by atoms with Gasteiger partial charge in [-0.15, -0.1) is 0 Å². The molecule has 0 spiro atoms. The number of ether oxygens (including phenoxy) is 1. The monoisotopic (exact) mass is 548 g/mol. The highest BCUT2D eigenvalue weighted by Crippen LogP contribution is 2.35. The van der Waals surface area contributed by atoms with Crippen molar-refractivity contribution in [3.8, 4) is 5.75 Å². The van der Waals surface area contributed by atoms with Crippen LogP contribution in [0, 0.1) is 5.82 Å². The van der Waals surface area contributed by atoms with Crippen LogP contribution in [-0.2, 0) is 21.2 Å². The number of pyridine rings is 1. The average Bonchev–Trinajstić information content (AvgIpc) is 3.79. The molecule has 8 nitrogen and oxygen atoms in total. The minimum absolute atomic E-state index is 0.0125. The molecule has 1 amide bonds. The van der Waals surface area contributed by atoms with Crippen molar-refractivity contribution in [3.05, 3.63) is 89.9 Å². The summed E-state index contributed by atoms with van der Waals surface area (Å²) in [6.07, 6.45) is 2.90. The fraction of sp³-hybridized carbons (Fsp3) is 0.241. The Hall–Kier alpha value is -4.18. The number of benzene rings is 3. The number of amides is 1. The van der Waals surface area contributed by atoms with Crippen molar-refractivity contribution < 1.29 is 22.3 Å². The Morgan fingerprint density at radius 2 is 1.92 bits per heavy atom. The lowest BCUT2D eigenvalue weighted by atomic mass is 10.0. The summed E-state index contributed by atoms with van der Waals surface area (Å²) in [5, 5.41) is 7.35. The second-order valence-electron chi connectivity index (χ2n) is 9.40. The summed E-state index contributed by atoms with van der Waals surface area (Å²) < 4.78 is 45.6. The molecule has 1 heterocycles. The molecule has 3 aromatic carbocycles. The maximum atomic E-state index is 14.3. The molecule has 1 saturated carbocycles. The number of sulfone groups is 1. The van der Waals surface area contributed by atoms with Gasteiger partial charge in [-0.05, 0) is 78.7 Å². The number of nitrogen functional groups attached to an aromatic ring is 1. The van der Waals surface area contributed by atoms with Crippen LogP contribution in [0.15, 0.2) is 77.8 Å². The molecule has 4 N–H and O–H groups in total. The van der Waals surface area contributed by atoms with Gasteiger partial charge in [0.1, 0.15) is 11.9 Å². The predicted molar refractivity (Wildman–Crippen MR) is 149 cm³/mol. The van der Waals surface area contributed by atoms with E-state index in [1.54, 1.807) is 43.5 Å². The number of fused-ring (bicyclic) bond motifs is 1. The van der Waals surface area contributed by atoms with Gasteiger partial charge in [0.15, 0.2) is 21.4 Å². The first-order chi connectivity index (χ1) is 18.8. The van der Waals surface area contributed by atoms with E-state index in [4.69, 9.17) is 10.5 Å². The second-order valence-corrected chi connectivity index (χ2v) is 11.6. The van der Waals surface area contributed by atoms with E-state index in [9.17, 15) is 17.6 Å². The first kappa shape index (κ1) is 26.4. The first-order valence-electron chi connectivity index (χ1n) is 12.7. The van der Waals surface area contributed by atoms with Gasteiger partial charge < -0.3 is 21.1 Å². The molecule has 0 saturated heterocycles. The smallest absolute Gasteiger partial charge is 0.247 e. The van der Waals surface area contributed by atoms with Crippen molar-refractivity contribution in [2.45, 2.75) is 42.5 Å². The lowest BCUT2D eigenvalue weighted by Gasteiger charge is -2.22. The fourth-order valence-electron chi connectivity index (χ4n) is 4.49. The number of nitrogens with one attached hydrogen (secondary N) is 2. The Balaban J connectivity index is 1.45. The maximum absolute atomic E-state index is 14.3. The third-order valence-electron chi connectivity index (χ3n) is 6.65. The van der Waals surface area contributed by atoms with Crippen molar-refractivity contribution in [3.63, 3.8) is 0 Å². The third-order valence-corrected chi connectivity index (χ3v) is 9.01. The summed E-state index contributed by atoms with van der Waals surface area (Å²) >= 11 is 0. The van der Waals surface area contributed by atoms with Gasteiger partial charge in [-0.3, -0.25) is 4.79 Å². The Morgan fingerprint density at radius 3 is 2.69 bits per heavy atom. The predicted octanol–water partition coefficient (Wildman–Crippen LogP) is 4.76. The van der Waals surface area contributed by atoms with E-state index in [2.05, 4.69) is 15.6 Å². The molecule has 202 valence electrons. The van der Waals surface area contributed by atoms with Crippen LogP contribution >= 0.6 is 0 Å². The Kier molecular flexibility index (Phi) is 7.38. The van der Waals surface area contributed by atoms with Gasteiger partial charge in [-0.1, -0.05) is 24.3 Å². The zero-order chi connectivity index (χ0) is 27.6. The number of carbonyl (C=O) groups excluding carboxylic acids is 1. The van der Waals surface area contributed by atoms with Gasteiger partial charge in [0, 0.05) is 23.8 Å². The van der Waals surface area contributed by atoms with Crippen molar-refractivity contribution in [1.29, 1.82) is 0 Å². The quantitative estimate of drug-likeness (QED) is 0.261. The molecule has 1 aliphatic rings. The number of halogens is 1. The van der Waals surface area contributed by atoms with Crippen LogP contribution < -0.4 is 21.1 Å². The molecule has 1 aromatic heterocycles. The fourth-order valence-corrected chi connectivity index (χ4v) is 6.38. The summed E-state index contributed by atoms with van der Waals surface area (Å²) in [5.41, 5.74) is 7.60. The molecule has 0 aliphatic heterocycles. The SMILES string of the molecule is CCOc1cc(C(Nc2ccc3c(N)nccc3c2)C(=O)NCc2ccccc2S(=O)(=O)C2CC2)ccc1F. The van der Waals surface area contributed by atoms with Crippen LogP contribution in [0.2, 0.25) is 0 Å². The molecule has 1 unspecified atom stereocenters. The van der Waals surface area contributed by atoms with Crippen LogP contribution in [-0.4, -0.2) is 31.2 Å². The van der Waals surface area contributed by atoms with Gasteiger partial charge in [-0.25, -0.2) is 17.8 Å². The minimum atomic E-state index is -3.45. The lowest BCUT2D eigenvalue weighted by molar-refractivity contribution is -0.122. The number of carbonyl (C=O) groups is 1. The topological polar surface area (TPSA) is 123 Å². The molecule has 1 aliphatic carbocycles. The Labute approximate surface area is 226 Å². The third kappa shape index (κ3) is 5.65. The van der Waals surface area contributed by atoms with Crippen molar-refractivity contribution in [1.82, 2.24) is 10.3 Å². The molecular formula is C29H29FN4O4S. The van der Waals surface area contributed by atoms with E-state index >= 15 is 0 Å². The average molecular weight is 549 g/mol. The number of aromatic nitrogens is 1. The Morgan fingerprint density at radius 1 is 1.13 bits per heavy atom. The number of hydrogen-bond donors (Lipinski definition) is 3. The van der Waals surface area contributed by atoms with Crippen LogP contribution in [0.25, 0.3) is 10.8 Å². The van der Waals surface area contributed by atoms with E-state index in [-0.39, 0.29) is 29.0 Å². The van der Waals surface area contributed by atoms with Crippen molar-refractivity contribution in [2.24, 2.45) is 0 Å². The molecule has 39 heavy (non-hydrogen) atoms. The number of hydrogen-bond acceptors (Lipinski definition) is 7. The summed E-state index contributed by atoms with van der Waals surface area (Å²) in [5.74, 6) is -0.523. The number of anilines is 2. The minimum Gasteiger partial charge on any atom is -0.491 e. The van der Waals surface area contributed by atoms with Crippen LogP contribution in [0.3, 0.4) is 0 Å². The zero-order valence-electron chi connectivity index (χ0n) is 21.4. The summed E-state index contributed by atoms with van der Waals surface area (Å²) in [4.78, 5) is 17.9. The maximum Gasteiger partial charge on any atom is 0.247 e. The number of nitrogens with two attached hydrogens (primary N) is 1. The van der Waals surface area contributed by atoms with Crippen molar-refractivity contribution >= 4 is 38.0 Å². The van der Waals surface area contributed by atoms with Gasteiger partial charge >= 0.3 is 0 Å². The molecular weight excluding hydrogens is 519 g/mol. The molecule has 5 rings (SSSR count). The first-order valence-corrected chi connectivity index (χ1v) is 14.2. The number of nitrogens with zero attached hydrogens (tertiary/aromatic N) is 1. The summed E-state index contributed by atoms with van der Waals surface area (Å²) in [7, 11) is -3.45. The molecule has 0 bridgehead atoms. The van der Waals surface area contributed by atoms with E-state index in [1.165, 1.54) is 18.2 Å². The second kappa shape index (κ2) is 10.9. The van der Waals surface area contributed by atoms with E-state index in [0.717, 1.165) is 10.8 Å². The lowest BCUT2D eigenvalue weighted by Crippen LogP contribution is -2.33. The largest absolute Gasteiger partial charge is 0.491 e. The highest BCUT2D eigenvalue weighted by molar-refractivity contribution is 7.92. The van der Waals surface area contributed by atoms with Crippen LogP contribution in [0.5, 0.6) is 5.75 Å². The highest BCUT2D eigenvalue weighted by atomic mass is 32.2. The summed E-state index contributed by atoms with van der Waals surface area (Å²) in [6.45, 7) is 2.02. The van der Waals surface area contributed by atoms with Gasteiger partial charge in [0.25, 0.3) is 0 Å². The number of rotatable bonds is 10. The van der Waals surface area contributed by atoms with Crippen LogP contribution in [0.4, 0.5) is 15.9 Å². The van der Waals surface area contributed by atoms with Gasteiger partial charge in [-0.2, -0.15) is 0 Å². The van der Waals surface area contributed by atoms with E-state index in [0.29, 0.717) is 35.5 Å². The standard InChI is InChI=1S/C29H29FN4O4S/c1-2-38-25-16-19(7-12-24(25)30)27(34-21-8-11-23-18(15-21)13-14-32-28(23)31)29(35)33-17-20-5-3-4-6-26(20)39(36,37)22-9-10-22/h3-8,11-16,22,27,34H,2,9-10,17H2,1H3,(H2,31,32)(H,33,35). The van der Waals surface area contributed by atoms with Gasteiger partial charge in [0.05, 0.1) is 16.8 Å². The molecule has 1 fully saturated rings. The normalized spacial score (nSPS) is 14.1. The Bertz CT molecular complexity index is 1640. The molecule has 10 heteroatoms. The molecule has 1 atom stereocenters. The molecule has 0 radical (unpaired) electrons. The van der Waals surface area contributed by atoms with Crippen LogP contribution in [0.1, 0.15) is 36.9 Å². The van der Waals surface area contributed by atoms with Gasteiger partial charge in [0.2, 0.25) is 5.91 Å². The highest BCUT2D eigenvalue weighted by Gasteiger charge is 2.38.